The molecule has 0 saturated carbocycles. The number of hydrogen-bond donors (Lipinski definition) is 0. The van der Waals surface area contributed by atoms with Gasteiger partial charge >= 0.3 is 0 Å². The Hall–Kier alpha value is 0.415. The van der Waals surface area contributed by atoms with Gasteiger partial charge in [0.15, 0.2) is 0 Å². The van der Waals surface area contributed by atoms with Crippen LogP contribution in [0, 0.1) is 0 Å². The maximum absolute atomic E-state index is 2.19. The second kappa shape index (κ2) is 4.41. The molecule has 0 rings (SSSR count). The molecule has 30 valence electrons. The molecule has 0 heterocycles. The molecule has 0 bridgehead atoms. The van der Waals surface area contributed by atoms with E-state index in [1.165, 1.54) is 12.1 Å². The van der Waals surface area contributed by atoms with Gasteiger partial charge in [0, 0.05) is 0 Å². The van der Waals surface area contributed by atoms with Gasteiger partial charge in [0.25, 0.3) is 0 Å². The summed E-state index contributed by atoms with van der Waals surface area (Å²) in [4.78, 5) is 0. The van der Waals surface area contributed by atoms with Crippen molar-refractivity contribution in [1.82, 2.24) is 0 Å². The molecule has 0 aliphatic heterocycles. The minimum atomic E-state index is 1.31. The summed E-state index contributed by atoms with van der Waals surface area (Å²) in [7, 11) is 2.19. The molecule has 0 spiro atoms. The van der Waals surface area contributed by atoms with Crippen molar-refractivity contribution < 1.29 is 0 Å². The average molecular weight is 88.0 g/mol. The molecule has 0 radical (unpaired) electrons. The Bertz CT molecular complexity index is 14.4. The minimum Gasteiger partial charge on any atom is -0.166 e. The first-order valence-electron chi connectivity index (χ1n) is 1.90. The first-order valence-corrected chi connectivity index (χ1v) is 3.30. The molecule has 0 aromatic heterocycles. The predicted molar refractivity (Wildman–Crippen MR) is 31.7 cm³/mol. The predicted octanol–water partition coefficient (Wildman–Crippen LogP) is 0.401. The summed E-state index contributed by atoms with van der Waals surface area (Å²) in [6.07, 6.45) is 3.44. The standard InChI is InChI=1S/C3H9BS/c1-5-3-2-4/h2-4H2,1H3. The Morgan fingerprint density at radius 3 is 2.40 bits per heavy atom. The summed E-state index contributed by atoms with van der Waals surface area (Å²) < 4.78 is 0. The Morgan fingerprint density at radius 1 is 1.80 bits per heavy atom. The van der Waals surface area contributed by atoms with Crippen molar-refractivity contribution >= 4 is 19.6 Å². The van der Waals surface area contributed by atoms with Gasteiger partial charge in [-0.3, -0.25) is 0 Å². The molecule has 5 heavy (non-hydrogen) atoms. The van der Waals surface area contributed by atoms with Crippen LogP contribution in [0.5, 0.6) is 0 Å². The fraction of sp³-hybridized carbons (Fsp3) is 1.00. The van der Waals surface area contributed by atoms with E-state index >= 15 is 0 Å². The lowest BCUT2D eigenvalue weighted by molar-refractivity contribution is 1.51. The topological polar surface area (TPSA) is 0 Å². The van der Waals surface area contributed by atoms with E-state index in [0.717, 1.165) is 0 Å². The third kappa shape index (κ3) is 4.41. The third-order valence-electron chi connectivity index (χ3n) is 0.408. The Balaban J connectivity index is 2.19. The van der Waals surface area contributed by atoms with Crippen molar-refractivity contribution in [3.63, 3.8) is 0 Å². The van der Waals surface area contributed by atoms with E-state index in [0.29, 0.717) is 0 Å². The molecule has 0 aliphatic rings. The van der Waals surface area contributed by atoms with Crippen molar-refractivity contribution in [2.75, 3.05) is 12.0 Å². The normalized spacial score (nSPS) is 8.20. The van der Waals surface area contributed by atoms with Crippen LogP contribution in [0.15, 0.2) is 0 Å². The highest BCUT2D eigenvalue weighted by Gasteiger charge is 1.68. The van der Waals surface area contributed by atoms with Crippen LogP contribution in [0.3, 0.4) is 0 Å². The minimum absolute atomic E-state index is 1.31. The first-order chi connectivity index (χ1) is 2.41. The molecule has 0 atom stereocenters. The summed E-state index contributed by atoms with van der Waals surface area (Å²) in [5.41, 5.74) is 0. The molecule has 2 heteroatoms. The van der Waals surface area contributed by atoms with Crippen LogP contribution >= 0.6 is 11.8 Å². The van der Waals surface area contributed by atoms with E-state index < -0.39 is 0 Å². The van der Waals surface area contributed by atoms with Gasteiger partial charge < -0.3 is 0 Å². The largest absolute Gasteiger partial charge is 0.166 e. The van der Waals surface area contributed by atoms with Gasteiger partial charge in [0.05, 0.1) is 0 Å². The van der Waals surface area contributed by atoms with Gasteiger partial charge in [-0.25, -0.2) is 0 Å². The zero-order chi connectivity index (χ0) is 4.12. The van der Waals surface area contributed by atoms with Crippen LogP contribution in [-0.4, -0.2) is 19.9 Å². The highest BCUT2D eigenvalue weighted by molar-refractivity contribution is 7.98. The third-order valence-corrected chi connectivity index (χ3v) is 1.22. The highest BCUT2D eigenvalue weighted by Crippen LogP contribution is 1.90. The van der Waals surface area contributed by atoms with Crippen LogP contribution in [0.2, 0.25) is 6.32 Å². The van der Waals surface area contributed by atoms with Crippen molar-refractivity contribution in [2.24, 2.45) is 0 Å². The van der Waals surface area contributed by atoms with Gasteiger partial charge in [-0.2, -0.15) is 11.8 Å². The summed E-state index contributed by atoms with van der Waals surface area (Å²) >= 11 is 1.90. The lowest BCUT2D eigenvalue weighted by Gasteiger charge is -1.79. The van der Waals surface area contributed by atoms with E-state index in [4.69, 9.17) is 0 Å². The average Bonchev–Trinajstić information content (AvgIpc) is 1.41. The van der Waals surface area contributed by atoms with E-state index in [1.807, 2.05) is 11.8 Å². The lowest BCUT2D eigenvalue weighted by atomic mass is 10.1. The van der Waals surface area contributed by atoms with E-state index in [1.54, 1.807) is 0 Å². The van der Waals surface area contributed by atoms with Crippen LogP contribution in [-0.2, 0) is 0 Å². The number of rotatable bonds is 2. The van der Waals surface area contributed by atoms with Crippen molar-refractivity contribution in [3.05, 3.63) is 0 Å². The van der Waals surface area contributed by atoms with Crippen LogP contribution in [0.1, 0.15) is 0 Å². The number of hydrogen-bond acceptors (Lipinski definition) is 1. The molecule has 0 N–H and O–H groups in total. The van der Waals surface area contributed by atoms with Gasteiger partial charge in [0.1, 0.15) is 7.85 Å². The summed E-state index contributed by atoms with van der Waals surface area (Å²) in [5, 5.41) is 0. The second-order valence-electron chi connectivity index (χ2n) is 0.993. The number of thioether (sulfide) groups is 1. The van der Waals surface area contributed by atoms with E-state index in [9.17, 15) is 0 Å². The zero-order valence-electron chi connectivity index (χ0n) is 3.82. The molecule has 0 saturated heterocycles. The Morgan fingerprint density at radius 2 is 2.40 bits per heavy atom. The highest BCUT2D eigenvalue weighted by atomic mass is 32.2. The zero-order valence-corrected chi connectivity index (χ0v) is 4.64. The smallest absolute Gasteiger partial charge is 0.102 e. The lowest BCUT2D eigenvalue weighted by Crippen LogP contribution is -1.69. The maximum Gasteiger partial charge on any atom is 0.102 e. The van der Waals surface area contributed by atoms with Crippen LogP contribution < -0.4 is 0 Å². The summed E-state index contributed by atoms with van der Waals surface area (Å²) in [6.45, 7) is 0. The van der Waals surface area contributed by atoms with Gasteiger partial charge in [-0.05, 0) is 12.0 Å². The van der Waals surface area contributed by atoms with Crippen LogP contribution in [0.25, 0.3) is 0 Å². The van der Waals surface area contributed by atoms with Crippen molar-refractivity contribution in [1.29, 1.82) is 0 Å². The molecule has 0 unspecified atom stereocenters. The fourth-order valence-corrected chi connectivity index (χ4v) is 0.612. The van der Waals surface area contributed by atoms with Crippen LogP contribution in [0.4, 0.5) is 0 Å². The van der Waals surface area contributed by atoms with E-state index in [-0.39, 0.29) is 0 Å². The van der Waals surface area contributed by atoms with E-state index in [2.05, 4.69) is 14.1 Å². The molecule has 0 aliphatic carbocycles. The first kappa shape index (κ1) is 5.41. The molecule has 0 aromatic carbocycles. The molecule has 0 nitrogen and oxygen atoms in total. The van der Waals surface area contributed by atoms with Gasteiger partial charge in [-0.1, -0.05) is 6.32 Å². The SMILES string of the molecule is BCCSC. The maximum atomic E-state index is 2.19. The summed E-state index contributed by atoms with van der Waals surface area (Å²) in [5.74, 6) is 1.31. The molecular weight excluding hydrogens is 78.9 g/mol. The Kier molecular flexibility index (Phi) is 4.78. The van der Waals surface area contributed by atoms with Crippen molar-refractivity contribution in [3.8, 4) is 0 Å². The Labute approximate surface area is 38.7 Å². The quantitative estimate of drug-likeness (QED) is 0.440. The second-order valence-corrected chi connectivity index (χ2v) is 1.98. The molecule has 0 fully saturated rings. The molecule has 0 aromatic rings. The molecule has 0 amide bonds. The van der Waals surface area contributed by atoms with Gasteiger partial charge in [0.2, 0.25) is 0 Å². The molecular formula is C3H9BS. The fourth-order valence-electron chi connectivity index (χ4n) is 0.204. The van der Waals surface area contributed by atoms with Gasteiger partial charge in [-0.15, -0.1) is 0 Å². The summed E-state index contributed by atoms with van der Waals surface area (Å²) in [6, 6.07) is 0. The van der Waals surface area contributed by atoms with Crippen molar-refractivity contribution in [2.45, 2.75) is 6.32 Å². The monoisotopic (exact) mass is 88.1 g/mol.